The Morgan fingerprint density at radius 1 is 1.25 bits per heavy atom. The van der Waals surface area contributed by atoms with Gasteiger partial charge in [0.25, 0.3) is 0 Å². The zero-order valence-electron chi connectivity index (χ0n) is 10.9. The molecule has 7 heteroatoms. The second kappa shape index (κ2) is 5.70. The molecule has 0 saturated heterocycles. The Hall–Kier alpha value is -2.41. The van der Waals surface area contributed by atoms with E-state index in [9.17, 15) is 9.59 Å². The SMILES string of the molecule is Cc1csc(NC(=O)Nc2cccc(C(=O)O)c2C)n1. The van der Waals surface area contributed by atoms with Gasteiger partial charge in [0.05, 0.1) is 11.3 Å². The number of aromatic nitrogens is 1. The minimum Gasteiger partial charge on any atom is -0.478 e. The number of nitrogens with zero attached hydrogens (tertiary/aromatic N) is 1. The number of urea groups is 1. The second-order valence-corrected chi connectivity index (χ2v) is 5.01. The van der Waals surface area contributed by atoms with Gasteiger partial charge in [0.2, 0.25) is 0 Å². The average molecular weight is 291 g/mol. The molecule has 0 atom stereocenters. The molecular formula is C13H13N3O3S. The van der Waals surface area contributed by atoms with E-state index in [-0.39, 0.29) is 5.56 Å². The first-order valence-electron chi connectivity index (χ1n) is 5.80. The third-order valence-corrected chi connectivity index (χ3v) is 3.53. The number of amides is 2. The van der Waals surface area contributed by atoms with Gasteiger partial charge in [0, 0.05) is 11.1 Å². The summed E-state index contributed by atoms with van der Waals surface area (Å²) in [5.41, 5.74) is 1.95. The van der Waals surface area contributed by atoms with Crippen LogP contribution in [0.1, 0.15) is 21.6 Å². The fraction of sp³-hybridized carbons (Fsp3) is 0.154. The minimum atomic E-state index is -1.03. The highest BCUT2D eigenvalue weighted by Crippen LogP contribution is 2.20. The summed E-state index contributed by atoms with van der Waals surface area (Å²) in [4.78, 5) is 27.0. The molecule has 0 bridgehead atoms. The first-order chi connectivity index (χ1) is 9.47. The van der Waals surface area contributed by atoms with E-state index in [0.29, 0.717) is 16.4 Å². The standard InChI is InChI=1S/C13H13N3O3S/c1-7-6-20-13(14-7)16-12(19)15-10-5-3-4-9(8(10)2)11(17)18/h3-6H,1-2H3,(H,17,18)(H2,14,15,16,19). The Kier molecular flexibility index (Phi) is 3.99. The molecule has 20 heavy (non-hydrogen) atoms. The molecule has 6 nitrogen and oxygen atoms in total. The number of nitrogens with one attached hydrogen (secondary N) is 2. The molecule has 1 aromatic heterocycles. The molecular weight excluding hydrogens is 278 g/mol. The largest absolute Gasteiger partial charge is 0.478 e. The summed E-state index contributed by atoms with van der Waals surface area (Å²) in [5.74, 6) is -1.03. The lowest BCUT2D eigenvalue weighted by atomic mass is 10.1. The Labute approximate surface area is 119 Å². The zero-order valence-corrected chi connectivity index (χ0v) is 11.7. The van der Waals surface area contributed by atoms with Crippen LogP contribution < -0.4 is 10.6 Å². The van der Waals surface area contributed by atoms with E-state index < -0.39 is 12.0 Å². The molecule has 1 heterocycles. The third-order valence-electron chi connectivity index (χ3n) is 2.65. The summed E-state index contributed by atoms with van der Waals surface area (Å²) in [6.07, 6.45) is 0. The fourth-order valence-corrected chi connectivity index (χ4v) is 2.35. The van der Waals surface area contributed by atoms with Crippen LogP contribution in [-0.2, 0) is 0 Å². The van der Waals surface area contributed by atoms with Gasteiger partial charge in [-0.15, -0.1) is 11.3 Å². The van der Waals surface area contributed by atoms with Gasteiger partial charge in [0.15, 0.2) is 5.13 Å². The van der Waals surface area contributed by atoms with Crippen molar-refractivity contribution in [3.8, 4) is 0 Å². The van der Waals surface area contributed by atoms with Gasteiger partial charge < -0.3 is 10.4 Å². The Balaban J connectivity index is 2.12. The normalized spacial score (nSPS) is 10.1. The number of carbonyl (C=O) groups excluding carboxylic acids is 1. The predicted octanol–water partition coefficient (Wildman–Crippen LogP) is 3.10. The van der Waals surface area contributed by atoms with Crippen molar-refractivity contribution in [3.63, 3.8) is 0 Å². The van der Waals surface area contributed by atoms with Crippen LogP contribution in [0.15, 0.2) is 23.6 Å². The summed E-state index contributed by atoms with van der Waals surface area (Å²) >= 11 is 1.32. The highest BCUT2D eigenvalue weighted by molar-refractivity contribution is 7.13. The van der Waals surface area contributed by atoms with Gasteiger partial charge in [-0.3, -0.25) is 5.32 Å². The van der Waals surface area contributed by atoms with Crippen LogP contribution in [0.2, 0.25) is 0 Å². The Morgan fingerprint density at radius 2 is 2.00 bits per heavy atom. The number of thiazole rings is 1. The molecule has 2 aromatic rings. The number of anilines is 2. The lowest BCUT2D eigenvalue weighted by Gasteiger charge is -2.10. The molecule has 2 amide bonds. The van der Waals surface area contributed by atoms with Gasteiger partial charge in [-0.1, -0.05) is 6.07 Å². The van der Waals surface area contributed by atoms with Crippen LogP contribution in [0.25, 0.3) is 0 Å². The Morgan fingerprint density at radius 3 is 2.60 bits per heavy atom. The van der Waals surface area contributed by atoms with Gasteiger partial charge in [0.1, 0.15) is 0 Å². The van der Waals surface area contributed by atoms with Gasteiger partial charge in [-0.05, 0) is 31.5 Å². The van der Waals surface area contributed by atoms with Crippen LogP contribution >= 0.6 is 11.3 Å². The highest BCUT2D eigenvalue weighted by Gasteiger charge is 2.12. The van der Waals surface area contributed by atoms with Crippen molar-refractivity contribution in [1.82, 2.24) is 4.98 Å². The van der Waals surface area contributed by atoms with Crippen molar-refractivity contribution in [1.29, 1.82) is 0 Å². The van der Waals surface area contributed by atoms with Crippen LogP contribution in [0.4, 0.5) is 15.6 Å². The molecule has 3 N–H and O–H groups in total. The number of carbonyl (C=O) groups is 2. The quantitative estimate of drug-likeness (QED) is 0.810. The molecule has 0 radical (unpaired) electrons. The molecule has 2 rings (SSSR count). The van der Waals surface area contributed by atoms with Crippen LogP contribution in [0.5, 0.6) is 0 Å². The van der Waals surface area contributed by atoms with Crippen molar-refractivity contribution in [3.05, 3.63) is 40.4 Å². The zero-order chi connectivity index (χ0) is 14.7. The van der Waals surface area contributed by atoms with Gasteiger partial charge in [-0.2, -0.15) is 0 Å². The molecule has 0 aliphatic carbocycles. The molecule has 0 aliphatic heterocycles. The minimum absolute atomic E-state index is 0.160. The van der Waals surface area contributed by atoms with Crippen molar-refractivity contribution in [2.24, 2.45) is 0 Å². The number of rotatable bonds is 3. The summed E-state index contributed by atoms with van der Waals surface area (Å²) < 4.78 is 0. The van der Waals surface area contributed by atoms with E-state index in [4.69, 9.17) is 5.11 Å². The number of aromatic carboxylic acids is 1. The fourth-order valence-electron chi connectivity index (χ4n) is 1.66. The molecule has 0 fully saturated rings. The second-order valence-electron chi connectivity index (χ2n) is 4.16. The number of hydrogen-bond donors (Lipinski definition) is 3. The number of carboxylic acid groups (broad SMARTS) is 1. The molecule has 0 unspecified atom stereocenters. The number of benzene rings is 1. The Bertz CT molecular complexity index is 667. The lowest BCUT2D eigenvalue weighted by molar-refractivity contribution is 0.0696. The predicted molar refractivity (Wildman–Crippen MR) is 77.6 cm³/mol. The molecule has 0 aliphatic rings. The van der Waals surface area contributed by atoms with Crippen LogP contribution in [0, 0.1) is 13.8 Å². The highest BCUT2D eigenvalue weighted by atomic mass is 32.1. The van der Waals surface area contributed by atoms with Crippen molar-refractivity contribution in [2.75, 3.05) is 10.6 Å². The smallest absolute Gasteiger partial charge is 0.336 e. The molecule has 0 spiro atoms. The van der Waals surface area contributed by atoms with E-state index in [1.807, 2.05) is 12.3 Å². The molecule has 1 aromatic carbocycles. The number of carboxylic acids is 1. The summed E-state index contributed by atoms with van der Waals surface area (Å²) in [7, 11) is 0. The molecule has 0 saturated carbocycles. The first-order valence-corrected chi connectivity index (χ1v) is 6.68. The third kappa shape index (κ3) is 3.12. The van der Waals surface area contributed by atoms with Gasteiger partial charge >= 0.3 is 12.0 Å². The summed E-state index contributed by atoms with van der Waals surface area (Å²) in [5, 5.41) is 16.6. The molecule has 104 valence electrons. The van der Waals surface area contributed by atoms with E-state index in [2.05, 4.69) is 15.6 Å². The van der Waals surface area contributed by atoms with Crippen molar-refractivity contribution in [2.45, 2.75) is 13.8 Å². The van der Waals surface area contributed by atoms with Crippen LogP contribution in [-0.4, -0.2) is 22.1 Å². The average Bonchev–Trinajstić information content (AvgIpc) is 2.77. The van der Waals surface area contributed by atoms with E-state index in [0.717, 1.165) is 5.69 Å². The maximum atomic E-state index is 11.8. The number of aryl methyl sites for hydroxylation is 1. The summed E-state index contributed by atoms with van der Waals surface area (Å²) in [6, 6.07) is 4.27. The number of hydrogen-bond acceptors (Lipinski definition) is 4. The lowest BCUT2D eigenvalue weighted by Crippen LogP contribution is -2.20. The van der Waals surface area contributed by atoms with E-state index >= 15 is 0 Å². The monoisotopic (exact) mass is 291 g/mol. The topological polar surface area (TPSA) is 91.3 Å². The van der Waals surface area contributed by atoms with Crippen molar-refractivity contribution < 1.29 is 14.7 Å². The van der Waals surface area contributed by atoms with Gasteiger partial charge in [-0.25, -0.2) is 14.6 Å². The van der Waals surface area contributed by atoms with Crippen LogP contribution in [0.3, 0.4) is 0 Å². The van der Waals surface area contributed by atoms with E-state index in [1.165, 1.54) is 17.4 Å². The maximum absolute atomic E-state index is 11.8. The van der Waals surface area contributed by atoms with Crippen molar-refractivity contribution >= 4 is 34.2 Å². The maximum Gasteiger partial charge on any atom is 0.336 e. The van der Waals surface area contributed by atoms with E-state index in [1.54, 1.807) is 19.1 Å². The summed E-state index contributed by atoms with van der Waals surface area (Å²) in [6.45, 7) is 3.48. The first kappa shape index (κ1) is 14.0.